The van der Waals surface area contributed by atoms with Crippen LogP contribution in [-0.2, 0) is 16.1 Å². The monoisotopic (exact) mass is 156 g/mol. The van der Waals surface area contributed by atoms with Crippen LogP contribution in [0, 0.1) is 0 Å². The van der Waals surface area contributed by atoms with E-state index in [0.29, 0.717) is 5.76 Å². The van der Waals surface area contributed by atoms with Crippen LogP contribution in [0.3, 0.4) is 0 Å². The molecule has 0 fully saturated rings. The van der Waals surface area contributed by atoms with Gasteiger partial charge in [-0.25, -0.2) is 4.79 Å². The highest BCUT2D eigenvalue weighted by Gasteiger charge is 2.01. The van der Waals surface area contributed by atoms with Crippen molar-refractivity contribution in [3.63, 3.8) is 0 Å². The summed E-state index contributed by atoms with van der Waals surface area (Å²) in [6.07, 6.45) is 0.803. The average Bonchev–Trinajstić information content (AvgIpc) is 2.52. The van der Waals surface area contributed by atoms with Gasteiger partial charge in [0.05, 0.1) is 13.4 Å². The summed E-state index contributed by atoms with van der Waals surface area (Å²) in [6.45, 7) is 0.111. The summed E-state index contributed by atoms with van der Waals surface area (Å²) in [7, 11) is 1.25. The predicted molar refractivity (Wildman–Crippen MR) is 35.9 cm³/mol. The number of rotatable bonds is 2. The number of carbonyl (C=O) groups excluding carboxylic acids is 1. The van der Waals surface area contributed by atoms with Crippen molar-refractivity contribution >= 4 is 6.16 Å². The molecule has 0 saturated heterocycles. The first-order valence-corrected chi connectivity index (χ1v) is 3.06. The number of hydrogen-bond donors (Lipinski definition) is 0. The molecule has 1 aromatic rings. The Hall–Kier alpha value is -1.45. The number of carbonyl (C=O) groups is 1. The van der Waals surface area contributed by atoms with Gasteiger partial charge < -0.3 is 13.9 Å². The van der Waals surface area contributed by atoms with Crippen molar-refractivity contribution in [2.45, 2.75) is 6.61 Å². The second-order valence-electron chi connectivity index (χ2n) is 1.82. The largest absolute Gasteiger partial charge is 0.508 e. The molecule has 1 heterocycles. The summed E-state index contributed by atoms with van der Waals surface area (Å²) >= 11 is 0. The predicted octanol–water partition coefficient (Wildman–Crippen LogP) is 1.56. The molecule has 0 saturated carbocycles. The van der Waals surface area contributed by atoms with E-state index in [0.717, 1.165) is 0 Å². The minimum Gasteiger partial charge on any atom is -0.466 e. The van der Waals surface area contributed by atoms with E-state index in [-0.39, 0.29) is 6.61 Å². The lowest BCUT2D eigenvalue weighted by atomic mass is 10.5. The quantitative estimate of drug-likeness (QED) is 0.609. The van der Waals surface area contributed by atoms with E-state index in [1.807, 2.05) is 0 Å². The van der Waals surface area contributed by atoms with Gasteiger partial charge in [0.2, 0.25) is 0 Å². The van der Waals surface area contributed by atoms with Gasteiger partial charge in [0.1, 0.15) is 5.76 Å². The molecule has 0 amide bonds. The summed E-state index contributed by atoms with van der Waals surface area (Å²) in [6, 6.07) is 3.43. The van der Waals surface area contributed by atoms with Gasteiger partial charge in [-0.1, -0.05) is 0 Å². The van der Waals surface area contributed by atoms with E-state index < -0.39 is 6.16 Å². The zero-order valence-corrected chi connectivity index (χ0v) is 6.07. The van der Waals surface area contributed by atoms with Crippen LogP contribution in [0.15, 0.2) is 22.8 Å². The van der Waals surface area contributed by atoms with Gasteiger partial charge in [-0.15, -0.1) is 0 Å². The van der Waals surface area contributed by atoms with E-state index in [4.69, 9.17) is 4.42 Å². The zero-order chi connectivity index (χ0) is 8.10. The van der Waals surface area contributed by atoms with Crippen molar-refractivity contribution in [2.75, 3.05) is 7.11 Å². The molecule has 0 radical (unpaired) electrons. The topological polar surface area (TPSA) is 48.7 Å². The molecule has 0 unspecified atom stereocenters. The highest BCUT2D eigenvalue weighted by atomic mass is 16.7. The van der Waals surface area contributed by atoms with Crippen LogP contribution in [-0.4, -0.2) is 13.3 Å². The summed E-state index contributed by atoms with van der Waals surface area (Å²) in [5.74, 6) is 0.593. The van der Waals surface area contributed by atoms with Gasteiger partial charge in [-0.2, -0.15) is 0 Å². The van der Waals surface area contributed by atoms with Crippen molar-refractivity contribution in [3.05, 3.63) is 24.2 Å². The molecule has 1 aromatic heterocycles. The number of furan rings is 1. The lowest BCUT2D eigenvalue weighted by Crippen LogP contribution is -2.03. The maximum absolute atomic E-state index is 10.4. The molecular formula is C7H8O4. The summed E-state index contributed by atoms with van der Waals surface area (Å²) in [5, 5.41) is 0. The molecule has 0 bridgehead atoms. The first kappa shape index (κ1) is 7.65. The van der Waals surface area contributed by atoms with Crippen molar-refractivity contribution in [1.29, 1.82) is 0 Å². The first-order valence-electron chi connectivity index (χ1n) is 3.06. The number of ether oxygens (including phenoxy) is 2. The Morgan fingerprint density at radius 2 is 2.55 bits per heavy atom. The average molecular weight is 156 g/mol. The van der Waals surface area contributed by atoms with Crippen LogP contribution in [0.2, 0.25) is 0 Å². The fourth-order valence-corrected chi connectivity index (χ4v) is 0.584. The number of hydrogen-bond acceptors (Lipinski definition) is 4. The Labute approximate surface area is 63.7 Å². The maximum atomic E-state index is 10.4. The van der Waals surface area contributed by atoms with Crippen LogP contribution in [0.25, 0.3) is 0 Å². The van der Waals surface area contributed by atoms with Crippen LogP contribution < -0.4 is 0 Å². The van der Waals surface area contributed by atoms with Gasteiger partial charge >= 0.3 is 6.16 Å². The second kappa shape index (κ2) is 3.65. The van der Waals surface area contributed by atoms with Gasteiger partial charge in [-0.3, -0.25) is 0 Å². The highest BCUT2D eigenvalue weighted by molar-refractivity contribution is 5.59. The Morgan fingerprint density at radius 1 is 1.73 bits per heavy atom. The molecule has 0 spiro atoms. The van der Waals surface area contributed by atoms with Crippen molar-refractivity contribution in [1.82, 2.24) is 0 Å². The molecule has 0 N–H and O–H groups in total. The van der Waals surface area contributed by atoms with E-state index in [1.165, 1.54) is 13.4 Å². The second-order valence-corrected chi connectivity index (χ2v) is 1.82. The molecule has 0 atom stereocenters. The lowest BCUT2D eigenvalue weighted by molar-refractivity contribution is 0.0616. The Bertz CT molecular complexity index is 214. The Morgan fingerprint density at radius 3 is 3.09 bits per heavy atom. The normalized spacial score (nSPS) is 9.18. The third kappa shape index (κ3) is 2.33. The molecule has 0 aromatic carbocycles. The minimum absolute atomic E-state index is 0.111. The van der Waals surface area contributed by atoms with E-state index in [2.05, 4.69) is 9.47 Å². The van der Waals surface area contributed by atoms with E-state index in [1.54, 1.807) is 12.1 Å². The summed E-state index contributed by atoms with van der Waals surface area (Å²) in [4.78, 5) is 10.4. The fourth-order valence-electron chi connectivity index (χ4n) is 0.584. The van der Waals surface area contributed by atoms with Crippen LogP contribution in [0.4, 0.5) is 4.79 Å². The molecular weight excluding hydrogens is 148 g/mol. The van der Waals surface area contributed by atoms with Crippen LogP contribution in [0.5, 0.6) is 0 Å². The summed E-state index contributed by atoms with van der Waals surface area (Å²) < 4.78 is 13.7. The highest BCUT2D eigenvalue weighted by Crippen LogP contribution is 2.01. The van der Waals surface area contributed by atoms with Gasteiger partial charge in [0.25, 0.3) is 0 Å². The van der Waals surface area contributed by atoms with Crippen LogP contribution >= 0.6 is 0 Å². The molecule has 0 aliphatic rings. The lowest BCUT2D eigenvalue weighted by Gasteiger charge is -1.98. The van der Waals surface area contributed by atoms with Crippen LogP contribution in [0.1, 0.15) is 5.76 Å². The smallest absolute Gasteiger partial charge is 0.466 e. The standard InChI is InChI=1S/C7H8O4/c1-9-7(8)11-5-6-3-2-4-10-6/h2-4H,5H2,1H3. The molecule has 0 aliphatic heterocycles. The Balaban J connectivity index is 2.29. The van der Waals surface area contributed by atoms with Crippen molar-refractivity contribution < 1.29 is 18.7 Å². The molecule has 60 valence electrons. The third-order valence-electron chi connectivity index (χ3n) is 1.08. The zero-order valence-electron chi connectivity index (χ0n) is 6.07. The van der Waals surface area contributed by atoms with Gasteiger partial charge in [0, 0.05) is 0 Å². The minimum atomic E-state index is -0.707. The molecule has 1 rings (SSSR count). The molecule has 4 heteroatoms. The van der Waals surface area contributed by atoms with E-state index >= 15 is 0 Å². The number of methoxy groups -OCH3 is 1. The summed E-state index contributed by atoms with van der Waals surface area (Å²) in [5.41, 5.74) is 0. The van der Waals surface area contributed by atoms with Gasteiger partial charge in [0.15, 0.2) is 6.61 Å². The molecule has 4 nitrogen and oxygen atoms in total. The Kier molecular flexibility index (Phi) is 2.54. The third-order valence-corrected chi connectivity index (χ3v) is 1.08. The van der Waals surface area contributed by atoms with Gasteiger partial charge in [-0.05, 0) is 12.1 Å². The SMILES string of the molecule is COC(=O)OCc1ccco1. The van der Waals surface area contributed by atoms with Crippen molar-refractivity contribution in [2.24, 2.45) is 0 Å². The van der Waals surface area contributed by atoms with Crippen molar-refractivity contribution in [3.8, 4) is 0 Å². The molecule has 0 aliphatic carbocycles. The maximum Gasteiger partial charge on any atom is 0.508 e. The fraction of sp³-hybridized carbons (Fsp3) is 0.286. The first-order chi connectivity index (χ1) is 5.33. The molecule has 11 heavy (non-hydrogen) atoms. The van der Waals surface area contributed by atoms with E-state index in [9.17, 15) is 4.79 Å².